The van der Waals surface area contributed by atoms with Gasteiger partial charge in [0.2, 0.25) is 5.91 Å². The zero-order chi connectivity index (χ0) is 26.0. The van der Waals surface area contributed by atoms with Crippen molar-refractivity contribution in [1.82, 2.24) is 9.80 Å². The second kappa shape index (κ2) is 11.9. The quantitative estimate of drug-likeness (QED) is 0.473. The van der Waals surface area contributed by atoms with E-state index < -0.39 is 11.6 Å². The van der Waals surface area contributed by atoms with Crippen LogP contribution >= 0.6 is 0 Å². The number of nitrogens with two attached hydrogens (primary N) is 1. The Labute approximate surface area is 223 Å². The molecule has 0 aromatic carbocycles. The number of aliphatic hydroxyl groups is 1. The van der Waals surface area contributed by atoms with Crippen molar-refractivity contribution in [3.63, 3.8) is 0 Å². The number of amides is 1. The fourth-order valence-corrected chi connectivity index (χ4v) is 9.00. The van der Waals surface area contributed by atoms with Crippen molar-refractivity contribution in [2.24, 2.45) is 41.2 Å². The van der Waals surface area contributed by atoms with Gasteiger partial charge in [0, 0.05) is 31.6 Å². The van der Waals surface area contributed by atoms with Crippen LogP contribution in [0, 0.1) is 35.5 Å². The Morgan fingerprint density at radius 1 is 0.784 bits per heavy atom. The Bertz CT molecular complexity index is 794. The molecule has 6 atom stereocenters. The summed E-state index contributed by atoms with van der Waals surface area (Å²) >= 11 is 0. The number of hydrogen-bond acceptors (Lipinski definition) is 5. The number of fused-ring (bicyclic) bond motifs is 1. The minimum Gasteiger partial charge on any atom is -0.479 e. The smallest absolute Gasteiger partial charge is 0.337 e. The highest BCUT2D eigenvalue weighted by molar-refractivity contribution is 5.79. The number of aliphatic carboxylic acids is 1. The van der Waals surface area contributed by atoms with E-state index in [4.69, 9.17) is 5.73 Å². The maximum absolute atomic E-state index is 13.6. The molecule has 0 spiro atoms. The maximum atomic E-state index is 13.6. The Balaban J connectivity index is 1.16. The summed E-state index contributed by atoms with van der Waals surface area (Å²) < 4.78 is 0. The average molecular weight is 518 g/mol. The molecule has 6 unspecified atom stereocenters. The van der Waals surface area contributed by atoms with Gasteiger partial charge >= 0.3 is 5.97 Å². The topological polar surface area (TPSA) is 107 Å². The van der Waals surface area contributed by atoms with Gasteiger partial charge in [-0.2, -0.15) is 0 Å². The molecule has 5 aliphatic rings. The van der Waals surface area contributed by atoms with Gasteiger partial charge in [0.05, 0.1) is 0 Å². The lowest BCUT2D eigenvalue weighted by Crippen LogP contribution is -2.56. The first-order valence-electron chi connectivity index (χ1n) is 15.6. The van der Waals surface area contributed by atoms with Gasteiger partial charge in [0.15, 0.2) is 5.60 Å². The largest absolute Gasteiger partial charge is 0.479 e. The Hall–Kier alpha value is -1.18. The fourth-order valence-electron chi connectivity index (χ4n) is 9.00. The summed E-state index contributed by atoms with van der Waals surface area (Å²) in [6.45, 7) is 3.66. The van der Waals surface area contributed by atoms with E-state index in [1.807, 2.05) is 0 Å². The lowest BCUT2D eigenvalue weighted by Gasteiger charge is -2.43. The van der Waals surface area contributed by atoms with Crippen molar-refractivity contribution in [2.45, 2.75) is 108 Å². The number of likely N-dealkylation sites (tertiary alicyclic amines) is 2. The monoisotopic (exact) mass is 517 g/mol. The molecule has 3 saturated carbocycles. The predicted octanol–water partition coefficient (Wildman–Crippen LogP) is 3.88. The van der Waals surface area contributed by atoms with E-state index in [0.717, 1.165) is 109 Å². The molecule has 7 nitrogen and oxygen atoms in total. The molecular weight excluding hydrogens is 466 g/mol. The van der Waals surface area contributed by atoms with E-state index in [2.05, 4.69) is 9.80 Å². The van der Waals surface area contributed by atoms with Crippen LogP contribution in [0.15, 0.2) is 0 Å². The molecule has 7 heteroatoms. The average Bonchev–Trinajstić information content (AvgIpc) is 3.34. The van der Waals surface area contributed by atoms with E-state index >= 15 is 0 Å². The van der Waals surface area contributed by atoms with Crippen LogP contribution < -0.4 is 5.73 Å². The first-order valence-corrected chi connectivity index (χ1v) is 15.6. The van der Waals surface area contributed by atoms with Gasteiger partial charge in [-0.3, -0.25) is 9.69 Å². The summed E-state index contributed by atoms with van der Waals surface area (Å²) in [7, 11) is 0. The van der Waals surface area contributed by atoms with Crippen LogP contribution in [0.25, 0.3) is 0 Å². The summed E-state index contributed by atoms with van der Waals surface area (Å²) in [4.78, 5) is 30.3. The number of carboxylic acids is 1. The standard InChI is InChI=1S/C30H51N3O4/c31-19-21-5-4-6-24(17-21)22-11-14-32(15-12-22)28(34)25-10-9-23-13-16-33(27(23)18-25)20-30(37,29(35)36)26-7-2-1-3-8-26/h21-27,37H,1-20,31H2,(H,35,36). The maximum Gasteiger partial charge on any atom is 0.337 e. The summed E-state index contributed by atoms with van der Waals surface area (Å²) in [5.41, 5.74) is 4.30. The number of piperidine rings is 1. The number of carbonyl (C=O) groups excluding carboxylic acids is 1. The number of nitrogens with zero attached hydrogens (tertiary/aromatic N) is 2. The summed E-state index contributed by atoms with van der Waals surface area (Å²) in [5, 5.41) is 21.4. The second-order valence-corrected chi connectivity index (χ2v) is 13.4. The van der Waals surface area contributed by atoms with E-state index in [1.165, 1.54) is 25.7 Å². The number of β-amino-alcohol motifs (C(OH)–C–C–N with tert-alkyl or cyclic N) is 1. The Morgan fingerprint density at radius 2 is 1.51 bits per heavy atom. The highest BCUT2D eigenvalue weighted by Gasteiger charge is 2.50. The van der Waals surface area contributed by atoms with E-state index in [-0.39, 0.29) is 24.4 Å². The van der Waals surface area contributed by atoms with Crippen LogP contribution in [-0.4, -0.2) is 76.3 Å². The fraction of sp³-hybridized carbons (Fsp3) is 0.933. The number of carboxylic acid groups (broad SMARTS) is 1. The third-order valence-corrected chi connectivity index (χ3v) is 11.3. The van der Waals surface area contributed by atoms with Crippen molar-refractivity contribution in [3.05, 3.63) is 0 Å². The van der Waals surface area contributed by atoms with Crippen molar-refractivity contribution in [3.8, 4) is 0 Å². The normalized spacial score (nSPS) is 36.2. The van der Waals surface area contributed by atoms with Gasteiger partial charge in [0.1, 0.15) is 0 Å². The zero-order valence-electron chi connectivity index (χ0n) is 22.9. The lowest BCUT2D eigenvalue weighted by atomic mass is 9.72. The minimum absolute atomic E-state index is 0.0438. The number of carbonyl (C=O) groups is 2. The highest BCUT2D eigenvalue weighted by atomic mass is 16.4. The molecule has 3 aliphatic carbocycles. The summed E-state index contributed by atoms with van der Waals surface area (Å²) in [5.74, 6) is 1.90. The van der Waals surface area contributed by atoms with Crippen LogP contribution in [0.2, 0.25) is 0 Å². The third-order valence-electron chi connectivity index (χ3n) is 11.3. The SMILES string of the molecule is NCC1CCCC(C2CCN(C(=O)C3CCC4CCN(CC(O)(C(=O)O)C5CCCCC5)C4C3)CC2)C1. The van der Waals surface area contributed by atoms with E-state index in [0.29, 0.717) is 17.7 Å². The number of rotatable bonds is 7. The van der Waals surface area contributed by atoms with Crippen LogP contribution in [-0.2, 0) is 9.59 Å². The molecule has 2 aliphatic heterocycles. The van der Waals surface area contributed by atoms with Crippen molar-refractivity contribution in [2.75, 3.05) is 32.7 Å². The molecule has 5 rings (SSSR count). The first kappa shape index (κ1) is 27.4. The van der Waals surface area contributed by atoms with Crippen LogP contribution in [0.4, 0.5) is 0 Å². The lowest BCUT2D eigenvalue weighted by molar-refractivity contribution is -0.170. The first-order chi connectivity index (χ1) is 17.9. The Kier molecular flexibility index (Phi) is 8.82. The van der Waals surface area contributed by atoms with E-state index in [9.17, 15) is 19.8 Å². The third kappa shape index (κ3) is 5.89. The molecule has 0 aromatic rings. The number of hydrogen-bond donors (Lipinski definition) is 3. The molecule has 0 bridgehead atoms. The van der Waals surface area contributed by atoms with Crippen molar-refractivity contribution < 1.29 is 19.8 Å². The van der Waals surface area contributed by atoms with Gasteiger partial charge in [0.25, 0.3) is 0 Å². The van der Waals surface area contributed by atoms with Gasteiger partial charge in [-0.05, 0) is 107 Å². The van der Waals surface area contributed by atoms with E-state index in [1.54, 1.807) is 0 Å². The van der Waals surface area contributed by atoms with Crippen LogP contribution in [0.5, 0.6) is 0 Å². The highest BCUT2D eigenvalue weighted by Crippen LogP contribution is 2.43. The summed E-state index contributed by atoms with van der Waals surface area (Å²) in [6, 6.07) is 0.227. The second-order valence-electron chi connectivity index (χ2n) is 13.4. The van der Waals surface area contributed by atoms with Gasteiger partial charge < -0.3 is 20.8 Å². The molecule has 37 heavy (non-hydrogen) atoms. The molecule has 2 heterocycles. The van der Waals surface area contributed by atoms with Crippen LogP contribution in [0.3, 0.4) is 0 Å². The minimum atomic E-state index is -1.67. The predicted molar refractivity (Wildman–Crippen MR) is 144 cm³/mol. The molecule has 2 saturated heterocycles. The van der Waals surface area contributed by atoms with Crippen molar-refractivity contribution in [1.29, 1.82) is 0 Å². The van der Waals surface area contributed by atoms with Gasteiger partial charge in [-0.25, -0.2) is 4.79 Å². The molecular formula is C30H51N3O4. The Morgan fingerprint density at radius 3 is 2.22 bits per heavy atom. The molecule has 4 N–H and O–H groups in total. The molecule has 0 radical (unpaired) electrons. The molecule has 0 aromatic heterocycles. The molecule has 5 fully saturated rings. The molecule has 210 valence electrons. The molecule has 1 amide bonds. The van der Waals surface area contributed by atoms with Gasteiger partial charge in [-0.1, -0.05) is 32.1 Å². The van der Waals surface area contributed by atoms with Crippen LogP contribution in [0.1, 0.15) is 96.3 Å². The van der Waals surface area contributed by atoms with Crippen molar-refractivity contribution >= 4 is 11.9 Å². The van der Waals surface area contributed by atoms with Gasteiger partial charge in [-0.15, -0.1) is 0 Å². The zero-order valence-corrected chi connectivity index (χ0v) is 22.9. The summed E-state index contributed by atoms with van der Waals surface area (Å²) in [6.07, 6.45) is 16.1.